The van der Waals surface area contributed by atoms with Crippen molar-refractivity contribution >= 4 is 23.2 Å². The van der Waals surface area contributed by atoms with Gasteiger partial charge in [-0.3, -0.25) is 9.59 Å². The molecule has 0 saturated carbocycles. The molecule has 1 heterocycles. The Morgan fingerprint density at radius 1 is 1.16 bits per heavy atom. The number of hydrogen-bond acceptors (Lipinski definition) is 3. The maximum atomic E-state index is 12.0. The number of carbonyl (C=O) groups is 2. The Hall–Kier alpha value is -2.82. The first-order valence-electron chi connectivity index (χ1n) is 8.46. The second-order valence-corrected chi connectivity index (χ2v) is 6.48. The molecule has 0 saturated heterocycles. The van der Waals surface area contributed by atoms with Gasteiger partial charge in [-0.2, -0.15) is 0 Å². The normalized spacial score (nSPS) is 13.2. The number of anilines is 2. The fourth-order valence-electron chi connectivity index (χ4n) is 2.75. The topological polar surface area (TPSA) is 67.4 Å². The molecule has 0 radical (unpaired) electrons. The summed E-state index contributed by atoms with van der Waals surface area (Å²) in [6.45, 7) is 4.20. The van der Waals surface area contributed by atoms with Crippen LogP contribution >= 0.6 is 0 Å². The lowest BCUT2D eigenvalue weighted by Gasteiger charge is -2.17. The van der Waals surface area contributed by atoms with Crippen molar-refractivity contribution in [3.8, 4) is 5.75 Å². The summed E-state index contributed by atoms with van der Waals surface area (Å²) in [5, 5.41) is 5.65. The van der Waals surface area contributed by atoms with Crippen LogP contribution in [0.2, 0.25) is 0 Å². The van der Waals surface area contributed by atoms with E-state index < -0.39 is 0 Å². The van der Waals surface area contributed by atoms with E-state index in [0.717, 1.165) is 16.9 Å². The highest BCUT2D eigenvalue weighted by Gasteiger charge is 2.15. The van der Waals surface area contributed by atoms with E-state index in [1.807, 2.05) is 36.4 Å². The van der Waals surface area contributed by atoms with Gasteiger partial charge < -0.3 is 15.4 Å². The van der Waals surface area contributed by atoms with Gasteiger partial charge in [0.2, 0.25) is 5.91 Å². The third-order valence-corrected chi connectivity index (χ3v) is 4.20. The van der Waals surface area contributed by atoms with Crippen LogP contribution < -0.4 is 15.4 Å². The molecule has 2 N–H and O–H groups in total. The molecule has 5 nitrogen and oxygen atoms in total. The molecule has 0 bridgehead atoms. The van der Waals surface area contributed by atoms with Gasteiger partial charge in [-0.1, -0.05) is 26.0 Å². The Labute approximate surface area is 147 Å². The first-order chi connectivity index (χ1) is 12.0. The van der Waals surface area contributed by atoms with E-state index >= 15 is 0 Å². The Morgan fingerprint density at radius 3 is 2.64 bits per heavy atom. The van der Waals surface area contributed by atoms with Gasteiger partial charge in [0, 0.05) is 17.8 Å². The Kier molecular flexibility index (Phi) is 5.03. The molecule has 0 unspecified atom stereocenters. The average molecular weight is 338 g/mol. The van der Waals surface area contributed by atoms with E-state index in [1.54, 1.807) is 6.07 Å². The lowest BCUT2D eigenvalue weighted by molar-refractivity contribution is -0.118. The second kappa shape index (κ2) is 7.38. The summed E-state index contributed by atoms with van der Waals surface area (Å²) in [6, 6.07) is 13.3. The van der Waals surface area contributed by atoms with Crippen LogP contribution in [0.3, 0.4) is 0 Å². The summed E-state index contributed by atoms with van der Waals surface area (Å²) in [7, 11) is 0. The summed E-state index contributed by atoms with van der Waals surface area (Å²) in [5.41, 5.74) is 3.83. The molecule has 0 aromatic heterocycles. The highest BCUT2D eigenvalue weighted by Crippen LogP contribution is 2.26. The van der Waals surface area contributed by atoms with Gasteiger partial charge in [-0.05, 0) is 53.8 Å². The zero-order valence-electron chi connectivity index (χ0n) is 14.5. The molecule has 2 aromatic rings. The monoisotopic (exact) mass is 338 g/mol. The molecule has 130 valence electrons. The van der Waals surface area contributed by atoms with Crippen molar-refractivity contribution in [2.24, 2.45) is 0 Å². The highest BCUT2D eigenvalue weighted by molar-refractivity contribution is 5.94. The molecule has 0 spiro atoms. The molecule has 3 rings (SSSR count). The number of fused-ring (bicyclic) bond motifs is 1. The summed E-state index contributed by atoms with van der Waals surface area (Å²) < 4.78 is 5.57. The third kappa shape index (κ3) is 4.38. The Bertz CT molecular complexity index is 782. The zero-order chi connectivity index (χ0) is 17.8. The standard InChI is InChI=1S/C20H22N2O3/c1-13(2)14-3-6-16(7-4-14)21-20(24)12-25-17-8-9-18-15(11-17)5-10-19(23)22-18/h3-4,6-9,11,13H,5,10,12H2,1-2H3,(H,21,24)(H,22,23). The minimum atomic E-state index is -0.205. The molecule has 1 aliphatic rings. The fourth-order valence-corrected chi connectivity index (χ4v) is 2.75. The molecular weight excluding hydrogens is 316 g/mol. The van der Waals surface area contributed by atoms with Gasteiger partial charge >= 0.3 is 0 Å². The van der Waals surface area contributed by atoms with E-state index in [-0.39, 0.29) is 18.4 Å². The lowest BCUT2D eigenvalue weighted by atomic mass is 10.0. The first kappa shape index (κ1) is 17.0. The number of benzene rings is 2. The van der Waals surface area contributed by atoms with Crippen LogP contribution in [-0.2, 0) is 16.0 Å². The Morgan fingerprint density at radius 2 is 1.92 bits per heavy atom. The predicted octanol–water partition coefficient (Wildman–Crippen LogP) is 3.71. The van der Waals surface area contributed by atoms with Gasteiger partial charge in [0.05, 0.1) is 0 Å². The SMILES string of the molecule is CC(C)c1ccc(NC(=O)COc2ccc3c(c2)CCC(=O)N3)cc1. The van der Waals surface area contributed by atoms with Crippen LogP contribution in [0.15, 0.2) is 42.5 Å². The van der Waals surface area contributed by atoms with Crippen molar-refractivity contribution in [3.05, 3.63) is 53.6 Å². The van der Waals surface area contributed by atoms with Gasteiger partial charge in [-0.15, -0.1) is 0 Å². The van der Waals surface area contributed by atoms with Crippen molar-refractivity contribution < 1.29 is 14.3 Å². The van der Waals surface area contributed by atoms with Crippen molar-refractivity contribution in [2.45, 2.75) is 32.6 Å². The maximum Gasteiger partial charge on any atom is 0.262 e. The lowest BCUT2D eigenvalue weighted by Crippen LogP contribution is -2.21. The quantitative estimate of drug-likeness (QED) is 0.873. The van der Waals surface area contributed by atoms with Crippen LogP contribution in [0.4, 0.5) is 11.4 Å². The first-order valence-corrected chi connectivity index (χ1v) is 8.46. The number of ether oxygens (including phenoxy) is 1. The minimum absolute atomic E-state index is 0.0315. The molecule has 0 fully saturated rings. The van der Waals surface area contributed by atoms with Crippen molar-refractivity contribution in [3.63, 3.8) is 0 Å². The minimum Gasteiger partial charge on any atom is -0.484 e. The van der Waals surface area contributed by atoms with E-state index in [0.29, 0.717) is 24.5 Å². The van der Waals surface area contributed by atoms with Crippen LogP contribution in [0.25, 0.3) is 0 Å². The number of rotatable bonds is 5. The molecule has 2 aromatic carbocycles. The van der Waals surface area contributed by atoms with Crippen molar-refractivity contribution in [1.29, 1.82) is 0 Å². The molecule has 1 aliphatic heterocycles. The van der Waals surface area contributed by atoms with E-state index in [2.05, 4.69) is 24.5 Å². The third-order valence-electron chi connectivity index (χ3n) is 4.20. The van der Waals surface area contributed by atoms with E-state index in [9.17, 15) is 9.59 Å². The van der Waals surface area contributed by atoms with Gasteiger partial charge in [-0.25, -0.2) is 0 Å². The highest BCUT2D eigenvalue weighted by atomic mass is 16.5. The van der Waals surface area contributed by atoms with E-state index in [1.165, 1.54) is 5.56 Å². The van der Waals surface area contributed by atoms with E-state index in [4.69, 9.17) is 4.74 Å². The molecule has 0 aliphatic carbocycles. The maximum absolute atomic E-state index is 12.0. The summed E-state index contributed by atoms with van der Waals surface area (Å²) in [5.74, 6) is 0.912. The summed E-state index contributed by atoms with van der Waals surface area (Å²) in [6.07, 6.45) is 1.16. The van der Waals surface area contributed by atoms with Crippen LogP contribution in [0, 0.1) is 0 Å². The molecular formula is C20H22N2O3. The second-order valence-electron chi connectivity index (χ2n) is 6.48. The summed E-state index contributed by atoms with van der Waals surface area (Å²) >= 11 is 0. The van der Waals surface area contributed by atoms with Crippen molar-refractivity contribution in [1.82, 2.24) is 0 Å². The van der Waals surface area contributed by atoms with Crippen LogP contribution in [0.1, 0.15) is 37.3 Å². The van der Waals surface area contributed by atoms with Gasteiger partial charge in [0.15, 0.2) is 6.61 Å². The number of aryl methyl sites for hydroxylation is 1. The number of hydrogen-bond donors (Lipinski definition) is 2. The fraction of sp³-hybridized carbons (Fsp3) is 0.300. The van der Waals surface area contributed by atoms with Gasteiger partial charge in [0.25, 0.3) is 5.91 Å². The average Bonchev–Trinajstić information content (AvgIpc) is 2.60. The van der Waals surface area contributed by atoms with Crippen LogP contribution in [0.5, 0.6) is 5.75 Å². The number of nitrogens with one attached hydrogen (secondary N) is 2. The largest absolute Gasteiger partial charge is 0.484 e. The van der Waals surface area contributed by atoms with Gasteiger partial charge in [0.1, 0.15) is 5.75 Å². The predicted molar refractivity (Wildman–Crippen MR) is 98.0 cm³/mol. The van der Waals surface area contributed by atoms with Crippen LogP contribution in [-0.4, -0.2) is 18.4 Å². The summed E-state index contributed by atoms with van der Waals surface area (Å²) in [4.78, 5) is 23.4. The number of carbonyl (C=O) groups excluding carboxylic acids is 2. The van der Waals surface area contributed by atoms with Crippen molar-refractivity contribution in [2.75, 3.05) is 17.2 Å². The molecule has 5 heteroatoms. The Balaban J connectivity index is 1.54. The smallest absolute Gasteiger partial charge is 0.262 e. The molecule has 0 atom stereocenters. The zero-order valence-corrected chi connectivity index (χ0v) is 14.5. The number of amides is 2. The molecule has 25 heavy (non-hydrogen) atoms. The molecule has 2 amide bonds.